The molecule has 4 heteroatoms. The highest BCUT2D eigenvalue weighted by Crippen LogP contribution is 2.38. The van der Waals surface area contributed by atoms with Gasteiger partial charge in [-0.25, -0.2) is 0 Å². The predicted molar refractivity (Wildman–Crippen MR) is 46.0 cm³/mol. The minimum atomic E-state index is -0.223. The van der Waals surface area contributed by atoms with Gasteiger partial charge in [0, 0.05) is 6.04 Å². The van der Waals surface area contributed by atoms with Crippen molar-refractivity contribution in [3.8, 4) is 0 Å². The Morgan fingerprint density at radius 1 is 1.54 bits per heavy atom. The van der Waals surface area contributed by atoms with Gasteiger partial charge in [-0.2, -0.15) is 0 Å². The lowest BCUT2D eigenvalue weighted by Crippen LogP contribution is -2.44. The standard InChI is InChI=1S/C9H15NO3/c1-2-12-9(11)7-5-3-4-6(13-5)8(7)10/h5-8H,2-4,10H2,1H3/t5-,6+,7-,8+/m0/s1. The molecule has 4 nitrogen and oxygen atoms in total. The third kappa shape index (κ3) is 1.34. The highest BCUT2D eigenvalue weighted by Gasteiger charge is 2.51. The lowest BCUT2D eigenvalue weighted by molar-refractivity contribution is -0.150. The van der Waals surface area contributed by atoms with Gasteiger partial charge in [0.25, 0.3) is 0 Å². The molecule has 0 aromatic carbocycles. The summed E-state index contributed by atoms with van der Waals surface area (Å²) in [4.78, 5) is 11.5. The third-order valence-corrected chi connectivity index (χ3v) is 2.89. The highest BCUT2D eigenvalue weighted by molar-refractivity contribution is 5.74. The van der Waals surface area contributed by atoms with E-state index in [1.165, 1.54) is 0 Å². The minimum Gasteiger partial charge on any atom is -0.466 e. The van der Waals surface area contributed by atoms with Crippen LogP contribution in [-0.4, -0.2) is 30.8 Å². The van der Waals surface area contributed by atoms with Crippen molar-refractivity contribution in [2.75, 3.05) is 6.61 Å². The number of nitrogens with two attached hydrogens (primary N) is 1. The Hall–Kier alpha value is -0.610. The molecule has 0 saturated carbocycles. The summed E-state index contributed by atoms with van der Waals surface area (Å²) in [5, 5.41) is 0. The summed E-state index contributed by atoms with van der Waals surface area (Å²) in [5.41, 5.74) is 5.87. The van der Waals surface area contributed by atoms with Gasteiger partial charge in [0.2, 0.25) is 0 Å². The summed E-state index contributed by atoms with van der Waals surface area (Å²) in [5.74, 6) is -0.416. The van der Waals surface area contributed by atoms with Crippen molar-refractivity contribution in [3.05, 3.63) is 0 Å². The zero-order valence-corrected chi connectivity index (χ0v) is 7.73. The molecule has 2 saturated heterocycles. The first-order valence-electron chi connectivity index (χ1n) is 4.81. The Kier molecular flexibility index (Phi) is 2.26. The van der Waals surface area contributed by atoms with Gasteiger partial charge in [0.15, 0.2) is 0 Å². The van der Waals surface area contributed by atoms with Gasteiger partial charge in [0.05, 0.1) is 18.8 Å². The molecule has 2 aliphatic rings. The van der Waals surface area contributed by atoms with E-state index in [0.717, 1.165) is 12.8 Å². The van der Waals surface area contributed by atoms with Crippen molar-refractivity contribution in [3.63, 3.8) is 0 Å². The molecule has 2 aliphatic heterocycles. The van der Waals surface area contributed by atoms with Gasteiger partial charge >= 0.3 is 5.97 Å². The lowest BCUT2D eigenvalue weighted by atomic mass is 9.85. The molecule has 74 valence electrons. The molecule has 2 N–H and O–H groups in total. The van der Waals surface area contributed by atoms with Crippen molar-refractivity contribution in [1.82, 2.24) is 0 Å². The van der Waals surface area contributed by atoms with E-state index in [4.69, 9.17) is 15.2 Å². The van der Waals surface area contributed by atoms with Crippen molar-refractivity contribution in [2.45, 2.75) is 38.0 Å². The maximum absolute atomic E-state index is 11.5. The molecule has 2 heterocycles. The van der Waals surface area contributed by atoms with E-state index in [1.807, 2.05) is 0 Å². The fourth-order valence-electron chi connectivity index (χ4n) is 2.26. The molecular weight excluding hydrogens is 170 g/mol. The minimum absolute atomic E-state index is 0.0130. The Morgan fingerprint density at radius 3 is 2.77 bits per heavy atom. The second-order valence-corrected chi connectivity index (χ2v) is 3.65. The van der Waals surface area contributed by atoms with Crippen molar-refractivity contribution in [1.29, 1.82) is 0 Å². The van der Waals surface area contributed by atoms with Crippen LogP contribution in [0.15, 0.2) is 0 Å². The van der Waals surface area contributed by atoms with Crippen molar-refractivity contribution in [2.24, 2.45) is 11.7 Å². The second-order valence-electron chi connectivity index (χ2n) is 3.65. The average Bonchev–Trinajstić information content (AvgIpc) is 2.63. The fraction of sp³-hybridized carbons (Fsp3) is 0.889. The summed E-state index contributed by atoms with van der Waals surface area (Å²) >= 11 is 0. The number of fused-ring (bicyclic) bond motifs is 2. The maximum Gasteiger partial charge on any atom is 0.313 e. The van der Waals surface area contributed by atoms with E-state index in [2.05, 4.69) is 0 Å². The summed E-state index contributed by atoms with van der Waals surface area (Å²) in [6.45, 7) is 2.22. The largest absolute Gasteiger partial charge is 0.466 e. The molecule has 0 aliphatic carbocycles. The Labute approximate surface area is 77.4 Å². The second kappa shape index (κ2) is 3.27. The highest BCUT2D eigenvalue weighted by atomic mass is 16.5. The summed E-state index contributed by atoms with van der Waals surface area (Å²) < 4.78 is 10.5. The van der Waals surface area contributed by atoms with E-state index in [0.29, 0.717) is 6.61 Å². The van der Waals surface area contributed by atoms with Crippen LogP contribution in [0.4, 0.5) is 0 Å². The summed E-state index contributed by atoms with van der Waals surface area (Å²) in [7, 11) is 0. The first-order chi connectivity index (χ1) is 6.24. The van der Waals surface area contributed by atoms with Gasteiger partial charge in [0.1, 0.15) is 5.92 Å². The number of hydrogen-bond donors (Lipinski definition) is 1. The Bertz CT molecular complexity index is 217. The van der Waals surface area contributed by atoms with Gasteiger partial charge in [-0.05, 0) is 19.8 Å². The van der Waals surface area contributed by atoms with Gasteiger partial charge in [-0.3, -0.25) is 4.79 Å². The molecule has 0 amide bonds. The van der Waals surface area contributed by atoms with Gasteiger partial charge in [-0.1, -0.05) is 0 Å². The SMILES string of the molecule is CCOC(=O)[C@@H]1[C@H](N)[C@H]2CC[C@@H]1O2. The quantitative estimate of drug-likeness (QED) is 0.618. The lowest BCUT2D eigenvalue weighted by Gasteiger charge is -2.22. The van der Waals surface area contributed by atoms with E-state index < -0.39 is 0 Å². The molecule has 0 radical (unpaired) electrons. The van der Waals surface area contributed by atoms with Crippen LogP contribution in [0.25, 0.3) is 0 Å². The molecule has 2 rings (SSSR count). The van der Waals surface area contributed by atoms with Crippen LogP contribution in [0.1, 0.15) is 19.8 Å². The van der Waals surface area contributed by atoms with E-state index in [1.54, 1.807) is 6.92 Å². The first-order valence-corrected chi connectivity index (χ1v) is 4.81. The molecule has 2 fully saturated rings. The zero-order chi connectivity index (χ0) is 9.42. The van der Waals surface area contributed by atoms with Crippen molar-refractivity contribution >= 4 is 5.97 Å². The molecule has 2 bridgehead atoms. The van der Waals surface area contributed by atoms with Gasteiger partial charge < -0.3 is 15.2 Å². The average molecular weight is 185 g/mol. The zero-order valence-electron chi connectivity index (χ0n) is 7.73. The van der Waals surface area contributed by atoms with E-state index in [-0.39, 0.29) is 30.1 Å². The number of carbonyl (C=O) groups is 1. The number of rotatable bonds is 2. The van der Waals surface area contributed by atoms with Crippen LogP contribution in [0.5, 0.6) is 0 Å². The Balaban J connectivity index is 2.03. The summed E-state index contributed by atoms with van der Waals surface area (Å²) in [6, 6.07) is -0.155. The number of hydrogen-bond acceptors (Lipinski definition) is 4. The molecule has 4 atom stereocenters. The first kappa shape index (κ1) is 8.97. The number of esters is 1. The van der Waals surface area contributed by atoms with E-state index in [9.17, 15) is 4.79 Å². The van der Waals surface area contributed by atoms with E-state index >= 15 is 0 Å². The molecule has 0 aromatic heterocycles. The number of carbonyl (C=O) groups excluding carboxylic acids is 1. The predicted octanol–water partition coefficient (Wildman–Crippen LogP) is 0.0542. The van der Waals surface area contributed by atoms with Crippen molar-refractivity contribution < 1.29 is 14.3 Å². The van der Waals surface area contributed by atoms with Crippen LogP contribution < -0.4 is 5.73 Å². The van der Waals surface area contributed by atoms with Crippen LogP contribution in [-0.2, 0) is 14.3 Å². The van der Waals surface area contributed by atoms with Crippen LogP contribution in [0.2, 0.25) is 0 Å². The third-order valence-electron chi connectivity index (χ3n) is 2.89. The van der Waals surface area contributed by atoms with Crippen LogP contribution >= 0.6 is 0 Å². The maximum atomic E-state index is 11.5. The molecule has 0 aromatic rings. The summed E-state index contributed by atoms with van der Waals surface area (Å²) in [6.07, 6.45) is 2.03. The molecule has 13 heavy (non-hydrogen) atoms. The van der Waals surface area contributed by atoms with Crippen LogP contribution in [0.3, 0.4) is 0 Å². The van der Waals surface area contributed by atoms with Crippen LogP contribution in [0, 0.1) is 5.92 Å². The molecule has 0 spiro atoms. The van der Waals surface area contributed by atoms with Gasteiger partial charge in [-0.15, -0.1) is 0 Å². The normalized spacial score (nSPS) is 42.3. The molecular formula is C9H15NO3. The topological polar surface area (TPSA) is 61.5 Å². The monoisotopic (exact) mass is 185 g/mol. The Morgan fingerprint density at radius 2 is 2.23 bits per heavy atom. The molecule has 0 unspecified atom stereocenters. The smallest absolute Gasteiger partial charge is 0.313 e. The number of ether oxygens (including phenoxy) is 2. The fourth-order valence-corrected chi connectivity index (χ4v) is 2.26.